The second-order valence-electron chi connectivity index (χ2n) is 7.28. The Morgan fingerprint density at radius 3 is 2.83 bits per heavy atom. The van der Waals surface area contributed by atoms with Gasteiger partial charge in [-0.25, -0.2) is 0 Å². The Balaban J connectivity index is 1.58. The first kappa shape index (κ1) is 22.2. The van der Waals surface area contributed by atoms with E-state index in [9.17, 15) is 4.79 Å². The Morgan fingerprint density at radius 1 is 1.28 bits per heavy atom. The smallest absolute Gasteiger partial charge is 0.234 e. The van der Waals surface area contributed by atoms with Crippen LogP contribution in [0.25, 0.3) is 0 Å². The highest BCUT2D eigenvalue weighted by Crippen LogP contribution is 2.30. The number of carbonyl (C=O) groups is 1. The van der Waals surface area contributed by atoms with Crippen LogP contribution in [-0.2, 0) is 17.8 Å². The Labute approximate surface area is 186 Å². The van der Waals surface area contributed by atoms with Gasteiger partial charge in [-0.05, 0) is 24.5 Å². The van der Waals surface area contributed by atoms with E-state index in [1.54, 1.807) is 18.2 Å². The summed E-state index contributed by atoms with van der Waals surface area (Å²) in [6.45, 7) is 4.48. The number of aryl methyl sites for hydroxylation is 1. The third-order valence-electron chi connectivity index (χ3n) is 5.16. The van der Waals surface area contributed by atoms with Gasteiger partial charge in [-0.3, -0.25) is 4.79 Å². The maximum Gasteiger partial charge on any atom is 0.234 e. The predicted molar refractivity (Wildman–Crippen MR) is 121 cm³/mol. The number of nitrogens with one attached hydrogen (secondary N) is 1. The zero-order valence-electron chi connectivity index (χ0n) is 16.4. The standard InChI is InChI=1S/C21H26Cl2N4OS/c1-2-13-27-18(12-11-15-7-4-3-5-8-15)25-26-21(27)29-14-19(28)24-17-10-6-9-16(22)20(17)23/h2,6,9-10,15H,1,3-5,7-8,11-14H2,(H,24,28). The minimum absolute atomic E-state index is 0.170. The molecule has 0 saturated heterocycles. The fourth-order valence-corrected chi connectivity index (χ4v) is 4.76. The lowest BCUT2D eigenvalue weighted by Crippen LogP contribution is -2.15. The van der Waals surface area contributed by atoms with Gasteiger partial charge in [-0.2, -0.15) is 0 Å². The van der Waals surface area contributed by atoms with Crippen LogP contribution in [0.15, 0.2) is 36.0 Å². The third kappa shape index (κ3) is 6.24. The van der Waals surface area contributed by atoms with Crippen LogP contribution in [0.3, 0.4) is 0 Å². The van der Waals surface area contributed by atoms with Crippen LogP contribution in [-0.4, -0.2) is 26.4 Å². The van der Waals surface area contributed by atoms with Crippen molar-refractivity contribution in [3.05, 3.63) is 46.7 Å². The maximum absolute atomic E-state index is 12.3. The molecule has 0 bridgehead atoms. The van der Waals surface area contributed by atoms with Gasteiger partial charge in [-0.15, -0.1) is 16.8 Å². The summed E-state index contributed by atoms with van der Waals surface area (Å²) in [4.78, 5) is 12.3. The zero-order valence-corrected chi connectivity index (χ0v) is 18.7. The third-order valence-corrected chi connectivity index (χ3v) is 6.95. The monoisotopic (exact) mass is 452 g/mol. The summed E-state index contributed by atoms with van der Waals surface area (Å²) in [6.07, 6.45) is 10.6. The zero-order chi connectivity index (χ0) is 20.6. The summed E-state index contributed by atoms with van der Waals surface area (Å²) in [7, 11) is 0. The highest BCUT2D eigenvalue weighted by Gasteiger charge is 2.18. The molecule has 1 saturated carbocycles. The van der Waals surface area contributed by atoms with Gasteiger partial charge in [0.1, 0.15) is 5.82 Å². The Morgan fingerprint density at radius 2 is 2.07 bits per heavy atom. The molecule has 29 heavy (non-hydrogen) atoms. The summed E-state index contributed by atoms with van der Waals surface area (Å²) in [6, 6.07) is 5.15. The molecule has 1 N–H and O–H groups in total. The van der Waals surface area contributed by atoms with Crippen LogP contribution in [0.5, 0.6) is 0 Å². The average Bonchev–Trinajstić information content (AvgIpc) is 3.11. The first-order chi connectivity index (χ1) is 14.1. The molecule has 3 rings (SSSR count). The van der Waals surface area contributed by atoms with Crippen LogP contribution in [0.2, 0.25) is 10.0 Å². The molecule has 2 aromatic rings. The largest absolute Gasteiger partial charge is 0.324 e. The number of halogens is 2. The van der Waals surface area contributed by atoms with Gasteiger partial charge in [0.05, 0.1) is 21.5 Å². The predicted octanol–water partition coefficient (Wildman–Crippen LogP) is 6.01. The number of hydrogen-bond donors (Lipinski definition) is 1. The van der Waals surface area contributed by atoms with E-state index in [-0.39, 0.29) is 11.7 Å². The van der Waals surface area contributed by atoms with Crippen molar-refractivity contribution in [2.75, 3.05) is 11.1 Å². The first-order valence-corrected chi connectivity index (χ1v) is 11.7. The van der Waals surface area contributed by atoms with Crippen molar-refractivity contribution in [3.8, 4) is 0 Å². The van der Waals surface area contributed by atoms with E-state index in [1.165, 1.54) is 43.9 Å². The molecule has 1 fully saturated rings. The Hall–Kier alpha value is -1.50. The molecule has 8 heteroatoms. The summed E-state index contributed by atoms with van der Waals surface area (Å²) < 4.78 is 2.06. The lowest BCUT2D eigenvalue weighted by Gasteiger charge is -2.21. The van der Waals surface area contributed by atoms with E-state index < -0.39 is 0 Å². The highest BCUT2D eigenvalue weighted by molar-refractivity contribution is 7.99. The highest BCUT2D eigenvalue weighted by atomic mass is 35.5. The molecular formula is C21H26Cl2N4OS. The van der Waals surface area contributed by atoms with Crippen molar-refractivity contribution in [2.45, 2.75) is 56.6 Å². The van der Waals surface area contributed by atoms with Gasteiger partial charge in [-0.1, -0.05) is 79.2 Å². The molecule has 5 nitrogen and oxygen atoms in total. The van der Waals surface area contributed by atoms with Crippen molar-refractivity contribution >= 4 is 46.6 Å². The molecule has 1 aromatic carbocycles. The molecule has 0 atom stereocenters. The quantitative estimate of drug-likeness (QED) is 0.373. The molecule has 0 unspecified atom stereocenters. The minimum atomic E-state index is -0.170. The van der Waals surface area contributed by atoms with Gasteiger partial charge >= 0.3 is 0 Å². The molecule has 0 radical (unpaired) electrons. The SMILES string of the molecule is C=CCn1c(CCC2CCCCC2)nnc1SCC(=O)Nc1cccc(Cl)c1Cl. The fraction of sp³-hybridized carbons (Fsp3) is 0.476. The van der Waals surface area contributed by atoms with Crippen LogP contribution in [0.1, 0.15) is 44.3 Å². The number of amides is 1. The summed E-state index contributed by atoms with van der Waals surface area (Å²) in [5.74, 6) is 1.80. The molecule has 1 aliphatic carbocycles. The second kappa shape index (κ2) is 11.0. The molecule has 1 heterocycles. The molecule has 0 spiro atoms. The van der Waals surface area contributed by atoms with E-state index in [0.29, 0.717) is 22.3 Å². The molecule has 1 aromatic heterocycles. The topological polar surface area (TPSA) is 59.8 Å². The normalized spacial score (nSPS) is 14.7. The number of carbonyl (C=O) groups excluding carboxylic acids is 1. The van der Waals surface area contributed by atoms with E-state index in [2.05, 4.69) is 26.7 Å². The van der Waals surface area contributed by atoms with Gasteiger partial charge in [0.2, 0.25) is 5.91 Å². The maximum atomic E-state index is 12.3. The number of anilines is 1. The van der Waals surface area contributed by atoms with Crippen LogP contribution in [0, 0.1) is 5.92 Å². The second-order valence-corrected chi connectivity index (χ2v) is 9.01. The van der Waals surface area contributed by atoms with E-state index in [0.717, 1.165) is 29.7 Å². The van der Waals surface area contributed by atoms with Crippen molar-refractivity contribution in [1.82, 2.24) is 14.8 Å². The van der Waals surface area contributed by atoms with E-state index >= 15 is 0 Å². The fourth-order valence-electron chi connectivity index (χ4n) is 3.65. The Bertz CT molecular complexity index is 849. The number of hydrogen-bond acceptors (Lipinski definition) is 4. The van der Waals surface area contributed by atoms with Gasteiger partial charge in [0.15, 0.2) is 5.16 Å². The number of benzene rings is 1. The summed E-state index contributed by atoms with van der Waals surface area (Å²) >= 11 is 13.5. The van der Waals surface area contributed by atoms with E-state index in [4.69, 9.17) is 23.2 Å². The van der Waals surface area contributed by atoms with Crippen molar-refractivity contribution in [2.24, 2.45) is 5.92 Å². The van der Waals surface area contributed by atoms with Crippen LogP contribution >= 0.6 is 35.0 Å². The molecular weight excluding hydrogens is 427 g/mol. The molecule has 0 aliphatic heterocycles. The number of aromatic nitrogens is 3. The van der Waals surface area contributed by atoms with Crippen molar-refractivity contribution < 1.29 is 4.79 Å². The average molecular weight is 453 g/mol. The van der Waals surface area contributed by atoms with Gasteiger partial charge < -0.3 is 9.88 Å². The lowest BCUT2D eigenvalue weighted by atomic mass is 9.86. The van der Waals surface area contributed by atoms with E-state index in [1.807, 2.05) is 6.08 Å². The van der Waals surface area contributed by atoms with Gasteiger partial charge in [0, 0.05) is 13.0 Å². The van der Waals surface area contributed by atoms with Gasteiger partial charge in [0.25, 0.3) is 0 Å². The molecule has 1 amide bonds. The van der Waals surface area contributed by atoms with Crippen LogP contribution in [0.4, 0.5) is 5.69 Å². The number of nitrogens with zero attached hydrogens (tertiary/aromatic N) is 3. The number of allylic oxidation sites excluding steroid dienone is 1. The molecule has 1 aliphatic rings. The first-order valence-electron chi connectivity index (χ1n) is 9.98. The summed E-state index contributed by atoms with van der Waals surface area (Å²) in [5, 5.41) is 13.0. The number of thioether (sulfide) groups is 1. The summed E-state index contributed by atoms with van der Waals surface area (Å²) in [5.41, 5.74) is 0.505. The number of rotatable bonds is 9. The Kier molecular flexibility index (Phi) is 8.45. The van der Waals surface area contributed by atoms with Crippen LogP contribution < -0.4 is 5.32 Å². The van der Waals surface area contributed by atoms with Crippen molar-refractivity contribution in [1.29, 1.82) is 0 Å². The lowest BCUT2D eigenvalue weighted by molar-refractivity contribution is -0.113. The molecule has 156 valence electrons. The minimum Gasteiger partial charge on any atom is -0.324 e. The van der Waals surface area contributed by atoms with Crippen molar-refractivity contribution in [3.63, 3.8) is 0 Å².